The Balaban J connectivity index is 2.28. The molecule has 0 aliphatic heterocycles. The largest absolute Gasteiger partial charge is 0.359 e. The average Bonchev–Trinajstić information content (AvgIpc) is 2.38. The molecule has 18 heavy (non-hydrogen) atoms. The molecule has 1 aliphatic carbocycles. The third-order valence-electron chi connectivity index (χ3n) is 3.99. The van der Waals surface area contributed by atoms with E-state index in [-0.39, 0.29) is 5.91 Å². The molecule has 1 atom stereocenters. The molecule has 1 amide bonds. The summed E-state index contributed by atoms with van der Waals surface area (Å²) in [6.07, 6.45) is 4.14. The van der Waals surface area contributed by atoms with Crippen LogP contribution in [-0.4, -0.2) is 13.0 Å². The highest BCUT2D eigenvalue weighted by Gasteiger charge is 2.22. The zero-order chi connectivity index (χ0) is 13.1. The van der Waals surface area contributed by atoms with Crippen molar-refractivity contribution in [1.82, 2.24) is 5.32 Å². The third kappa shape index (κ3) is 2.74. The first kappa shape index (κ1) is 13.1. The molecule has 0 saturated heterocycles. The van der Waals surface area contributed by atoms with Crippen LogP contribution in [0.15, 0.2) is 18.2 Å². The zero-order valence-electron chi connectivity index (χ0n) is 11.6. The highest BCUT2D eigenvalue weighted by Crippen LogP contribution is 2.35. The van der Waals surface area contributed by atoms with Crippen LogP contribution in [0.2, 0.25) is 0 Å². The van der Waals surface area contributed by atoms with Crippen molar-refractivity contribution >= 4 is 5.91 Å². The molecule has 2 rings (SSSR count). The van der Waals surface area contributed by atoms with Gasteiger partial charge in [-0.3, -0.25) is 4.79 Å². The number of aryl methyl sites for hydroxylation is 1. The lowest BCUT2D eigenvalue weighted by Crippen LogP contribution is -2.22. The number of fused-ring (bicyclic) bond motifs is 1. The monoisotopic (exact) mass is 245 g/mol. The zero-order valence-corrected chi connectivity index (χ0v) is 11.6. The number of hydrogen-bond donors (Lipinski definition) is 1. The van der Waals surface area contributed by atoms with Crippen molar-refractivity contribution in [1.29, 1.82) is 0 Å². The van der Waals surface area contributed by atoms with Gasteiger partial charge in [0.05, 0.1) is 0 Å². The van der Waals surface area contributed by atoms with Crippen LogP contribution in [0.3, 0.4) is 0 Å². The SMILES string of the molecule is CNC(=O)CC1CCCc2ccc(C(C)C)cc21. The van der Waals surface area contributed by atoms with Gasteiger partial charge in [-0.2, -0.15) is 0 Å². The molecular weight excluding hydrogens is 222 g/mol. The number of benzene rings is 1. The van der Waals surface area contributed by atoms with E-state index in [1.807, 2.05) is 0 Å². The van der Waals surface area contributed by atoms with Crippen molar-refractivity contribution in [2.45, 2.75) is 51.4 Å². The molecular formula is C16H23NO. The van der Waals surface area contributed by atoms with Crippen LogP contribution >= 0.6 is 0 Å². The molecule has 0 radical (unpaired) electrons. The topological polar surface area (TPSA) is 29.1 Å². The van der Waals surface area contributed by atoms with E-state index in [0.717, 1.165) is 12.8 Å². The Morgan fingerprint density at radius 1 is 1.44 bits per heavy atom. The van der Waals surface area contributed by atoms with E-state index in [9.17, 15) is 4.79 Å². The molecule has 1 N–H and O–H groups in total. The summed E-state index contributed by atoms with van der Waals surface area (Å²) in [5.41, 5.74) is 4.24. The maximum atomic E-state index is 11.6. The predicted octanol–water partition coefficient (Wildman–Crippen LogP) is 3.37. The minimum atomic E-state index is 0.155. The minimum Gasteiger partial charge on any atom is -0.359 e. The Kier molecular flexibility index (Phi) is 4.05. The Labute approximate surface area is 110 Å². The first-order valence-corrected chi connectivity index (χ1v) is 6.95. The summed E-state index contributed by atoms with van der Waals surface area (Å²) in [5, 5.41) is 2.74. The van der Waals surface area contributed by atoms with Crippen LogP contribution in [-0.2, 0) is 11.2 Å². The standard InChI is InChI=1S/C16H23NO/c1-11(2)13-8-7-12-5-4-6-14(15(12)9-13)10-16(18)17-3/h7-9,11,14H,4-6,10H2,1-3H3,(H,17,18). The maximum Gasteiger partial charge on any atom is 0.220 e. The smallest absolute Gasteiger partial charge is 0.220 e. The molecule has 1 aromatic rings. The van der Waals surface area contributed by atoms with Crippen LogP contribution in [0.5, 0.6) is 0 Å². The first-order valence-electron chi connectivity index (χ1n) is 6.95. The van der Waals surface area contributed by atoms with E-state index >= 15 is 0 Å². The molecule has 0 bridgehead atoms. The van der Waals surface area contributed by atoms with Crippen molar-refractivity contribution in [2.75, 3.05) is 7.05 Å². The summed E-state index contributed by atoms with van der Waals surface area (Å²) < 4.78 is 0. The fourth-order valence-electron chi connectivity index (χ4n) is 2.81. The molecule has 0 spiro atoms. The molecule has 1 aliphatic rings. The number of hydrogen-bond acceptors (Lipinski definition) is 1. The van der Waals surface area contributed by atoms with Crippen LogP contribution in [0, 0.1) is 0 Å². The number of carbonyl (C=O) groups is 1. The fourth-order valence-corrected chi connectivity index (χ4v) is 2.81. The summed E-state index contributed by atoms with van der Waals surface area (Å²) in [6.45, 7) is 4.44. The molecule has 98 valence electrons. The first-order chi connectivity index (χ1) is 8.61. The Bertz CT molecular complexity index is 437. The highest BCUT2D eigenvalue weighted by molar-refractivity contribution is 5.76. The van der Waals surface area contributed by atoms with Crippen molar-refractivity contribution < 1.29 is 4.79 Å². The normalized spacial score (nSPS) is 18.6. The lowest BCUT2D eigenvalue weighted by molar-refractivity contribution is -0.121. The lowest BCUT2D eigenvalue weighted by Gasteiger charge is -2.26. The van der Waals surface area contributed by atoms with E-state index in [1.54, 1.807) is 7.05 Å². The minimum absolute atomic E-state index is 0.155. The highest BCUT2D eigenvalue weighted by atomic mass is 16.1. The summed E-state index contributed by atoms with van der Waals surface area (Å²) >= 11 is 0. The average molecular weight is 245 g/mol. The predicted molar refractivity (Wildman–Crippen MR) is 74.9 cm³/mol. The summed E-state index contributed by atoms with van der Waals surface area (Å²) in [4.78, 5) is 11.6. The van der Waals surface area contributed by atoms with Crippen molar-refractivity contribution in [3.05, 3.63) is 34.9 Å². The third-order valence-corrected chi connectivity index (χ3v) is 3.99. The van der Waals surface area contributed by atoms with Crippen molar-refractivity contribution in [2.24, 2.45) is 0 Å². The van der Waals surface area contributed by atoms with E-state index in [0.29, 0.717) is 18.3 Å². The van der Waals surface area contributed by atoms with Crippen LogP contribution in [0.25, 0.3) is 0 Å². The molecule has 2 nitrogen and oxygen atoms in total. The second-order valence-electron chi connectivity index (χ2n) is 5.58. The van der Waals surface area contributed by atoms with Gasteiger partial charge in [0, 0.05) is 13.5 Å². The van der Waals surface area contributed by atoms with Gasteiger partial charge in [0.25, 0.3) is 0 Å². The quantitative estimate of drug-likeness (QED) is 0.869. The van der Waals surface area contributed by atoms with Gasteiger partial charge in [-0.15, -0.1) is 0 Å². The Hall–Kier alpha value is -1.31. The number of carbonyl (C=O) groups excluding carboxylic acids is 1. The molecule has 2 heteroatoms. The second-order valence-corrected chi connectivity index (χ2v) is 5.58. The van der Waals surface area contributed by atoms with Crippen LogP contribution in [0.4, 0.5) is 0 Å². The van der Waals surface area contributed by atoms with Gasteiger partial charge in [-0.1, -0.05) is 32.0 Å². The molecule has 0 fully saturated rings. The van der Waals surface area contributed by atoms with Gasteiger partial charge in [0.2, 0.25) is 5.91 Å². The molecule has 0 heterocycles. The number of rotatable bonds is 3. The molecule has 0 aromatic heterocycles. The van der Waals surface area contributed by atoms with E-state index in [2.05, 4.69) is 37.4 Å². The van der Waals surface area contributed by atoms with Gasteiger partial charge < -0.3 is 5.32 Å². The van der Waals surface area contributed by atoms with Crippen LogP contribution < -0.4 is 5.32 Å². The van der Waals surface area contributed by atoms with E-state index in [1.165, 1.54) is 23.1 Å². The Morgan fingerprint density at radius 3 is 2.89 bits per heavy atom. The van der Waals surface area contributed by atoms with Crippen LogP contribution in [0.1, 0.15) is 61.6 Å². The van der Waals surface area contributed by atoms with Gasteiger partial charge >= 0.3 is 0 Å². The Morgan fingerprint density at radius 2 is 2.22 bits per heavy atom. The van der Waals surface area contributed by atoms with Gasteiger partial charge in [-0.05, 0) is 47.8 Å². The van der Waals surface area contributed by atoms with Crippen molar-refractivity contribution in [3.8, 4) is 0 Å². The van der Waals surface area contributed by atoms with Gasteiger partial charge in [0.15, 0.2) is 0 Å². The fraction of sp³-hybridized carbons (Fsp3) is 0.562. The maximum absolute atomic E-state index is 11.6. The summed E-state index contributed by atoms with van der Waals surface area (Å²) in [7, 11) is 1.72. The lowest BCUT2D eigenvalue weighted by atomic mass is 9.79. The van der Waals surface area contributed by atoms with E-state index in [4.69, 9.17) is 0 Å². The van der Waals surface area contributed by atoms with Crippen molar-refractivity contribution in [3.63, 3.8) is 0 Å². The molecule has 1 unspecified atom stereocenters. The summed E-state index contributed by atoms with van der Waals surface area (Å²) in [5.74, 6) is 1.12. The van der Waals surface area contributed by atoms with Gasteiger partial charge in [-0.25, -0.2) is 0 Å². The summed E-state index contributed by atoms with van der Waals surface area (Å²) in [6, 6.07) is 6.83. The number of amides is 1. The second kappa shape index (κ2) is 5.55. The molecule has 0 saturated carbocycles. The van der Waals surface area contributed by atoms with E-state index < -0.39 is 0 Å². The molecule has 1 aromatic carbocycles. The van der Waals surface area contributed by atoms with Gasteiger partial charge in [0.1, 0.15) is 0 Å². The number of nitrogens with one attached hydrogen (secondary N) is 1.